The molecule has 5 aromatic rings. The standard InChI is InChI=1S/C25H19N5O2/c31-24(14-17-5-3-8-20(13-17)25-27-29-30-28-25)19-7-4-9-22(15-19)32-16-21-12-11-18-6-1-2-10-23(18)26-21/h1-13,15H,14,16H2,(H,27,28,29,30). The fraction of sp³-hybridized carbons (Fsp3) is 0.0800. The Labute approximate surface area is 184 Å². The highest BCUT2D eigenvalue weighted by Gasteiger charge is 2.11. The minimum atomic E-state index is 0.00421. The van der Waals surface area contributed by atoms with Crippen LogP contribution in [0.15, 0.2) is 84.9 Å². The Morgan fingerprint density at radius 2 is 1.81 bits per heavy atom. The summed E-state index contributed by atoms with van der Waals surface area (Å²) in [6.45, 7) is 0.329. The first-order valence-corrected chi connectivity index (χ1v) is 10.2. The van der Waals surface area contributed by atoms with Crippen LogP contribution in [0.25, 0.3) is 22.3 Å². The van der Waals surface area contributed by atoms with Gasteiger partial charge in [-0.25, -0.2) is 4.98 Å². The number of rotatable bonds is 7. The summed E-state index contributed by atoms with van der Waals surface area (Å²) in [6, 6.07) is 26.8. The fourth-order valence-electron chi connectivity index (χ4n) is 3.50. The van der Waals surface area contributed by atoms with Gasteiger partial charge in [-0.3, -0.25) is 4.79 Å². The lowest BCUT2D eigenvalue weighted by atomic mass is 10.0. The van der Waals surface area contributed by atoms with E-state index in [4.69, 9.17) is 4.74 Å². The lowest BCUT2D eigenvalue weighted by Gasteiger charge is -2.09. The molecule has 156 valence electrons. The Hall–Kier alpha value is -4.39. The number of ether oxygens (including phenoxy) is 1. The van der Waals surface area contributed by atoms with Crippen molar-refractivity contribution in [1.82, 2.24) is 25.6 Å². The third-order valence-electron chi connectivity index (χ3n) is 5.09. The van der Waals surface area contributed by atoms with Crippen LogP contribution in [0.4, 0.5) is 0 Å². The normalized spacial score (nSPS) is 10.9. The highest BCUT2D eigenvalue weighted by atomic mass is 16.5. The maximum atomic E-state index is 12.9. The summed E-state index contributed by atoms with van der Waals surface area (Å²) in [6.07, 6.45) is 0.265. The number of H-pyrrole nitrogens is 1. The highest BCUT2D eigenvalue weighted by molar-refractivity contribution is 5.98. The number of carbonyl (C=O) groups excluding carboxylic acids is 1. The first-order valence-electron chi connectivity index (χ1n) is 10.2. The second-order valence-corrected chi connectivity index (χ2v) is 7.35. The molecular formula is C25H19N5O2. The number of carbonyl (C=O) groups is 1. The van der Waals surface area contributed by atoms with Crippen LogP contribution in [0.2, 0.25) is 0 Å². The van der Waals surface area contributed by atoms with Crippen molar-refractivity contribution < 1.29 is 9.53 Å². The van der Waals surface area contributed by atoms with E-state index >= 15 is 0 Å². The summed E-state index contributed by atoms with van der Waals surface area (Å²) in [5.41, 5.74) is 4.05. The van der Waals surface area contributed by atoms with Crippen LogP contribution in [0.1, 0.15) is 21.6 Å². The van der Waals surface area contributed by atoms with Crippen LogP contribution in [-0.2, 0) is 13.0 Å². The molecule has 32 heavy (non-hydrogen) atoms. The summed E-state index contributed by atoms with van der Waals surface area (Å²) in [5.74, 6) is 1.13. The molecule has 0 amide bonds. The van der Waals surface area contributed by atoms with Crippen LogP contribution < -0.4 is 4.74 Å². The number of tetrazole rings is 1. The van der Waals surface area contributed by atoms with Gasteiger partial charge >= 0.3 is 0 Å². The zero-order valence-electron chi connectivity index (χ0n) is 17.1. The summed E-state index contributed by atoms with van der Waals surface area (Å²) >= 11 is 0. The lowest BCUT2D eigenvalue weighted by molar-refractivity contribution is 0.0992. The molecule has 2 aromatic heterocycles. The number of hydrogen-bond donors (Lipinski definition) is 1. The average Bonchev–Trinajstić information content (AvgIpc) is 3.38. The van der Waals surface area contributed by atoms with Crippen molar-refractivity contribution in [3.05, 3.63) is 102 Å². The molecule has 0 aliphatic heterocycles. The van der Waals surface area contributed by atoms with E-state index in [0.29, 0.717) is 23.7 Å². The number of benzene rings is 3. The smallest absolute Gasteiger partial charge is 0.204 e. The van der Waals surface area contributed by atoms with Gasteiger partial charge in [-0.2, -0.15) is 5.21 Å². The number of nitrogens with one attached hydrogen (secondary N) is 1. The molecular weight excluding hydrogens is 402 g/mol. The quantitative estimate of drug-likeness (QED) is 0.391. The van der Waals surface area contributed by atoms with Crippen molar-refractivity contribution >= 4 is 16.7 Å². The molecule has 5 rings (SSSR count). The molecule has 2 heterocycles. The van der Waals surface area contributed by atoms with Crippen molar-refractivity contribution in [2.24, 2.45) is 0 Å². The summed E-state index contributed by atoms with van der Waals surface area (Å²) in [5, 5.41) is 15.1. The fourth-order valence-corrected chi connectivity index (χ4v) is 3.50. The van der Waals surface area contributed by atoms with Crippen LogP contribution in [-0.4, -0.2) is 31.4 Å². The SMILES string of the molecule is O=C(Cc1cccc(-c2nn[nH]n2)c1)c1cccc(OCc2ccc3ccccc3n2)c1. The number of para-hydroxylation sites is 1. The van der Waals surface area contributed by atoms with E-state index < -0.39 is 0 Å². The zero-order valence-corrected chi connectivity index (χ0v) is 17.1. The van der Waals surface area contributed by atoms with Gasteiger partial charge in [0.05, 0.1) is 11.2 Å². The Balaban J connectivity index is 1.27. The Kier molecular flexibility index (Phi) is 5.36. The molecule has 0 saturated carbocycles. The number of fused-ring (bicyclic) bond motifs is 1. The molecule has 7 nitrogen and oxygen atoms in total. The monoisotopic (exact) mass is 421 g/mol. The van der Waals surface area contributed by atoms with Gasteiger partial charge in [-0.15, -0.1) is 10.2 Å². The molecule has 0 atom stereocenters. The Morgan fingerprint density at radius 1 is 0.906 bits per heavy atom. The summed E-state index contributed by atoms with van der Waals surface area (Å²) < 4.78 is 5.91. The molecule has 1 N–H and O–H groups in total. The molecule has 0 aliphatic rings. The van der Waals surface area contributed by atoms with Gasteiger partial charge in [0.1, 0.15) is 12.4 Å². The van der Waals surface area contributed by atoms with Crippen molar-refractivity contribution in [2.45, 2.75) is 13.0 Å². The van der Waals surface area contributed by atoms with Gasteiger partial charge < -0.3 is 4.74 Å². The average molecular weight is 421 g/mol. The van der Waals surface area contributed by atoms with Crippen LogP contribution in [0.5, 0.6) is 5.75 Å². The lowest BCUT2D eigenvalue weighted by Crippen LogP contribution is -2.05. The van der Waals surface area contributed by atoms with E-state index in [2.05, 4.69) is 25.6 Å². The summed E-state index contributed by atoms with van der Waals surface area (Å²) in [4.78, 5) is 17.5. The van der Waals surface area contributed by atoms with Crippen molar-refractivity contribution in [2.75, 3.05) is 0 Å². The second-order valence-electron chi connectivity index (χ2n) is 7.35. The van der Waals surface area contributed by atoms with E-state index in [1.807, 2.05) is 72.8 Å². The topological polar surface area (TPSA) is 93.7 Å². The molecule has 3 aromatic carbocycles. The number of aromatic nitrogens is 5. The highest BCUT2D eigenvalue weighted by Crippen LogP contribution is 2.20. The molecule has 0 spiro atoms. The van der Waals surface area contributed by atoms with Crippen LogP contribution >= 0.6 is 0 Å². The predicted molar refractivity (Wildman–Crippen MR) is 120 cm³/mol. The van der Waals surface area contributed by atoms with Gasteiger partial charge in [0.15, 0.2) is 5.78 Å². The molecule has 0 saturated heterocycles. The largest absolute Gasteiger partial charge is 0.487 e. The van der Waals surface area contributed by atoms with Crippen LogP contribution in [0, 0.1) is 0 Å². The number of nitrogens with zero attached hydrogens (tertiary/aromatic N) is 4. The van der Waals surface area contributed by atoms with Crippen LogP contribution in [0.3, 0.4) is 0 Å². The number of hydrogen-bond acceptors (Lipinski definition) is 6. The maximum absolute atomic E-state index is 12.9. The molecule has 0 radical (unpaired) electrons. The third kappa shape index (κ3) is 4.37. The number of ketones is 1. The predicted octanol–water partition coefficient (Wildman–Crippen LogP) is 4.42. The molecule has 7 heteroatoms. The number of Topliss-reactive ketones (excluding diaryl/α,β-unsaturated/α-hetero) is 1. The van der Waals surface area contributed by atoms with Gasteiger partial charge in [0.2, 0.25) is 5.82 Å². The van der Waals surface area contributed by atoms with Gasteiger partial charge in [-0.05, 0) is 41.1 Å². The van der Waals surface area contributed by atoms with Gasteiger partial charge in [0, 0.05) is 22.9 Å². The first kappa shape index (κ1) is 19.6. The Bertz CT molecular complexity index is 1380. The molecule has 0 aliphatic carbocycles. The van der Waals surface area contributed by atoms with Crippen molar-refractivity contribution in [1.29, 1.82) is 0 Å². The molecule has 0 bridgehead atoms. The Morgan fingerprint density at radius 3 is 2.72 bits per heavy atom. The van der Waals surface area contributed by atoms with Crippen molar-refractivity contribution in [3.8, 4) is 17.1 Å². The van der Waals surface area contributed by atoms with Gasteiger partial charge in [0.25, 0.3) is 0 Å². The van der Waals surface area contributed by atoms with E-state index in [1.165, 1.54) is 0 Å². The third-order valence-corrected chi connectivity index (χ3v) is 5.09. The number of aromatic amines is 1. The summed E-state index contributed by atoms with van der Waals surface area (Å²) in [7, 11) is 0. The maximum Gasteiger partial charge on any atom is 0.204 e. The second kappa shape index (κ2) is 8.77. The van der Waals surface area contributed by atoms with E-state index in [-0.39, 0.29) is 12.2 Å². The minimum absolute atomic E-state index is 0.00421. The van der Waals surface area contributed by atoms with Gasteiger partial charge in [-0.1, -0.05) is 54.6 Å². The van der Waals surface area contributed by atoms with E-state index in [9.17, 15) is 4.79 Å². The number of pyridine rings is 1. The van der Waals surface area contributed by atoms with E-state index in [1.54, 1.807) is 12.1 Å². The van der Waals surface area contributed by atoms with E-state index in [0.717, 1.165) is 27.7 Å². The molecule has 0 unspecified atom stereocenters. The zero-order chi connectivity index (χ0) is 21.8. The first-order chi connectivity index (χ1) is 15.7. The minimum Gasteiger partial charge on any atom is -0.487 e. The molecule has 0 fully saturated rings. The van der Waals surface area contributed by atoms with Crippen molar-refractivity contribution in [3.63, 3.8) is 0 Å².